The number of methoxy groups -OCH3 is 2. The van der Waals surface area contributed by atoms with E-state index in [9.17, 15) is 18.0 Å². The second-order valence-corrected chi connectivity index (χ2v) is 11.1. The number of hydrogen-bond donors (Lipinski definition) is 1. The fraction of sp³-hybridized carbons (Fsp3) is 0.333. The number of anilines is 1. The number of amides is 2. The largest absolute Gasteiger partial charge is 0.497 e. The lowest BCUT2D eigenvalue weighted by atomic mass is 10.1. The molecule has 0 spiro atoms. The van der Waals surface area contributed by atoms with E-state index in [1.807, 2.05) is 13.0 Å². The zero-order valence-electron chi connectivity index (χ0n) is 23.4. The summed E-state index contributed by atoms with van der Waals surface area (Å²) in [5, 5.41) is 2.88. The fourth-order valence-corrected chi connectivity index (χ4v) is 5.50. The minimum Gasteiger partial charge on any atom is -0.497 e. The molecule has 0 saturated carbocycles. The Kier molecular flexibility index (Phi) is 11.0. The number of rotatable bonds is 14. The van der Waals surface area contributed by atoms with Gasteiger partial charge in [0.25, 0.3) is 10.0 Å². The number of para-hydroxylation sites is 1. The van der Waals surface area contributed by atoms with Crippen molar-refractivity contribution in [1.82, 2.24) is 10.2 Å². The first-order chi connectivity index (χ1) is 19.2. The molecule has 0 bridgehead atoms. The number of carbonyl (C=O) groups is 2. The molecule has 10 heteroatoms. The van der Waals surface area contributed by atoms with Crippen molar-refractivity contribution >= 4 is 27.5 Å². The van der Waals surface area contributed by atoms with Gasteiger partial charge >= 0.3 is 0 Å². The topological polar surface area (TPSA) is 105 Å². The van der Waals surface area contributed by atoms with E-state index < -0.39 is 28.5 Å². The zero-order valence-corrected chi connectivity index (χ0v) is 24.2. The molecule has 3 rings (SSSR count). The van der Waals surface area contributed by atoms with Crippen LogP contribution in [0.4, 0.5) is 5.69 Å². The summed E-state index contributed by atoms with van der Waals surface area (Å²) in [7, 11) is -1.10. The normalized spacial score (nSPS) is 11.8. The molecule has 9 nitrogen and oxygen atoms in total. The lowest BCUT2D eigenvalue weighted by molar-refractivity contribution is -0.139. The number of carbonyl (C=O) groups excluding carboxylic acids is 2. The molecule has 0 saturated heterocycles. The number of unbranched alkanes of at least 4 members (excludes halogenated alkanes) is 1. The molecule has 3 aromatic carbocycles. The molecule has 0 fully saturated rings. The Bertz CT molecular complexity index is 1360. The molecule has 0 aromatic heterocycles. The first-order valence-corrected chi connectivity index (χ1v) is 14.6. The van der Waals surface area contributed by atoms with E-state index in [1.165, 1.54) is 24.1 Å². The maximum absolute atomic E-state index is 13.9. The number of ether oxygens (including phenoxy) is 2. The lowest BCUT2D eigenvalue weighted by Gasteiger charge is -2.32. The quantitative estimate of drug-likeness (QED) is 0.292. The SMILES string of the molecule is CCCCNC(=O)[C@H](C)N(Cc1cccc(OC)c1)C(=O)CN(c1ccccc1)S(=O)(=O)c1ccc(OC)cc1. The highest BCUT2D eigenvalue weighted by molar-refractivity contribution is 7.92. The summed E-state index contributed by atoms with van der Waals surface area (Å²) >= 11 is 0. The number of benzene rings is 3. The molecule has 2 amide bonds. The summed E-state index contributed by atoms with van der Waals surface area (Å²) in [6, 6.07) is 20.7. The van der Waals surface area contributed by atoms with Gasteiger partial charge in [-0.15, -0.1) is 0 Å². The summed E-state index contributed by atoms with van der Waals surface area (Å²) in [5.74, 6) is 0.280. The predicted molar refractivity (Wildman–Crippen MR) is 155 cm³/mol. The Morgan fingerprint density at radius 2 is 1.57 bits per heavy atom. The van der Waals surface area contributed by atoms with Crippen LogP contribution in [0.1, 0.15) is 32.3 Å². The molecular weight excluding hydrogens is 530 g/mol. The molecule has 0 aliphatic rings. The molecule has 0 heterocycles. The van der Waals surface area contributed by atoms with Gasteiger partial charge in [-0.2, -0.15) is 0 Å². The molecule has 0 unspecified atom stereocenters. The van der Waals surface area contributed by atoms with Crippen LogP contribution in [0.2, 0.25) is 0 Å². The van der Waals surface area contributed by atoms with Gasteiger partial charge in [-0.25, -0.2) is 8.42 Å². The third kappa shape index (κ3) is 7.75. The summed E-state index contributed by atoms with van der Waals surface area (Å²) in [6.45, 7) is 3.74. The molecule has 3 aromatic rings. The van der Waals surface area contributed by atoms with Gasteiger partial charge in [0.05, 0.1) is 24.8 Å². The summed E-state index contributed by atoms with van der Waals surface area (Å²) < 4.78 is 39.2. The van der Waals surface area contributed by atoms with Crippen LogP contribution in [-0.2, 0) is 26.2 Å². The average molecular weight is 568 g/mol. The monoisotopic (exact) mass is 567 g/mol. The number of hydrogen-bond acceptors (Lipinski definition) is 6. The van der Waals surface area contributed by atoms with Crippen LogP contribution in [0.15, 0.2) is 83.8 Å². The molecule has 0 aliphatic carbocycles. The van der Waals surface area contributed by atoms with Gasteiger partial charge in [0.15, 0.2) is 0 Å². The fourth-order valence-electron chi connectivity index (χ4n) is 4.08. The highest BCUT2D eigenvalue weighted by atomic mass is 32.2. The van der Waals surface area contributed by atoms with E-state index in [0.717, 1.165) is 22.7 Å². The van der Waals surface area contributed by atoms with E-state index in [4.69, 9.17) is 9.47 Å². The highest BCUT2D eigenvalue weighted by Crippen LogP contribution is 2.26. The van der Waals surface area contributed by atoms with Crippen LogP contribution < -0.4 is 19.1 Å². The van der Waals surface area contributed by atoms with Crippen LogP contribution in [-0.4, -0.2) is 58.5 Å². The molecule has 1 N–H and O–H groups in total. The highest BCUT2D eigenvalue weighted by Gasteiger charge is 2.32. The summed E-state index contributed by atoms with van der Waals surface area (Å²) in [6.07, 6.45) is 1.72. The van der Waals surface area contributed by atoms with E-state index in [1.54, 1.807) is 74.7 Å². The minimum absolute atomic E-state index is 0.00894. The van der Waals surface area contributed by atoms with Crippen molar-refractivity contribution in [3.05, 3.63) is 84.4 Å². The van der Waals surface area contributed by atoms with Crippen molar-refractivity contribution in [2.45, 2.75) is 44.2 Å². The van der Waals surface area contributed by atoms with Gasteiger partial charge < -0.3 is 19.7 Å². The summed E-state index contributed by atoms with van der Waals surface area (Å²) in [5.41, 5.74) is 1.07. The molecule has 40 heavy (non-hydrogen) atoms. The Balaban J connectivity index is 1.98. The first kappa shape index (κ1) is 30.5. The zero-order chi connectivity index (χ0) is 29.1. The van der Waals surface area contributed by atoms with E-state index in [0.29, 0.717) is 23.7 Å². The van der Waals surface area contributed by atoms with Gasteiger partial charge in [0, 0.05) is 13.1 Å². The number of sulfonamides is 1. The Hall–Kier alpha value is -4.05. The average Bonchev–Trinajstić information content (AvgIpc) is 2.98. The van der Waals surface area contributed by atoms with Crippen LogP contribution >= 0.6 is 0 Å². The maximum Gasteiger partial charge on any atom is 0.264 e. The predicted octanol–water partition coefficient (Wildman–Crippen LogP) is 4.23. The Morgan fingerprint density at radius 1 is 0.900 bits per heavy atom. The second-order valence-electron chi connectivity index (χ2n) is 9.22. The molecule has 0 radical (unpaired) electrons. The van der Waals surface area contributed by atoms with Crippen LogP contribution in [0.25, 0.3) is 0 Å². The third-order valence-electron chi connectivity index (χ3n) is 6.45. The molecular formula is C30H37N3O6S. The van der Waals surface area contributed by atoms with Crippen molar-refractivity contribution in [3.8, 4) is 11.5 Å². The van der Waals surface area contributed by atoms with E-state index in [-0.39, 0.29) is 17.3 Å². The number of nitrogens with one attached hydrogen (secondary N) is 1. The maximum atomic E-state index is 13.9. The Morgan fingerprint density at radius 3 is 2.20 bits per heavy atom. The van der Waals surface area contributed by atoms with E-state index >= 15 is 0 Å². The van der Waals surface area contributed by atoms with E-state index in [2.05, 4.69) is 5.32 Å². The second kappa shape index (κ2) is 14.4. The van der Waals surface area contributed by atoms with Crippen LogP contribution in [0.5, 0.6) is 11.5 Å². The molecule has 214 valence electrons. The van der Waals surface area contributed by atoms with Crippen molar-refractivity contribution < 1.29 is 27.5 Å². The van der Waals surface area contributed by atoms with Crippen molar-refractivity contribution in [2.75, 3.05) is 31.6 Å². The lowest BCUT2D eigenvalue weighted by Crippen LogP contribution is -2.51. The van der Waals surface area contributed by atoms with Crippen molar-refractivity contribution in [1.29, 1.82) is 0 Å². The van der Waals surface area contributed by atoms with Gasteiger partial charge in [0.2, 0.25) is 11.8 Å². The van der Waals surface area contributed by atoms with Gasteiger partial charge in [-0.05, 0) is 67.4 Å². The molecule has 1 atom stereocenters. The smallest absolute Gasteiger partial charge is 0.264 e. The van der Waals surface area contributed by atoms with Crippen molar-refractivity contribution in [3.63, 3.8) is 0 Å². The first-order valence-electron chi connectivity index (χ1n) is 13.1. The van der Waals surface area contributed by atoms with Crippen LogP contribution in [0, 0.1) is 0 Å². The van der Waals surface area contributed by atoms with Gasteiger partial charge in [-0.3, -0.25) is 13.9 Å². The van der Waals surface area contributed by atoms with Crippen LogP contribution in [0.3, 0.4) is 0 Å². The standard InChI is InChI=1S/C30H37N3O6S/c1-5-6-19-31-30(35)23(2)32(21-24-11-10-14-27(20-24)39-4)29(34)22-33(25-12-8-7-9-13-25)40(36,37)28-17-15-26(38-3)16-18-28/h7-18,20,23H,5-6,19,21-22H2,1-4H3,(H,31,35)/t23-/m0/s1. The number of nitrogens with zero attached hydrogens (tertiary/aromatic N) is 2. The Labute approximate surface area is 236 Å². The van der Waals surface area contributed by atoms with Gasteiger partial charge in [0.1, 0.15) is 24.1 Å². The van der Waals surface area contributed by atoms with Crippen molar-refractivity contribution in [2.24, 2.45) is 0 Å². The van der Waals surface area contributed by atoms with Gasteiger partial charge in [-0.1, -0.05) is 43.7 Å². The third-order valence-corrected chi connectivity index (χ3v) is 8.24. The molecule has 0 aliphatic heterocycles. The minimum atomic E-state index is -4.15. The summed E-state index contributed by atoms with van der Waals surface area (Å²) in [4.78, 5) is 28.4.